The summed E-state index contributed by atoms with van der Waals surface area (Å²) in [5, 5.41) is 9.60. The lowest BCUT2D eigenvalue weighted by molar-refractivity contribution is 0.101. The monoisotopic (exact) mass is 217 g/mol. The van der Waals surface area contributed by atoms with Crippen molar-refractivity contribution in [2.24, 2.45) is 0 Å². The van der Waals surface area contributed by atoms with Crippen molar-refractivity contribution in [3.63, 3.8) is 0 Å². The first-order valence-corrected chi connectivity index (χ1v) is 4.83. The average molecular weight is 217 g/mol. The molecule has 1 heterocycles. The van der Waals surface area contributed by atoms with Gasteiger partial charge in [0.1, 0.15) is 6.20 Å². The SMILES string of the molecule is Cc1ccc(C)c(NC(=O)c2cnon2)c1. The molecule has 0 radical (unpaired) electrons. The highest BCUT2D eigenvalue weighted by Crippen LogP contribution is 2.16. The number of anilines is 1. The smallest absolute Gasteiger partial charge is 0.279 e. The second-order valence-corrected chi connectivity index (χ2v) is 3.57. The van der Waals surface area contributed by atoms with Gasteiger partial charge in [-0.05, 0) is 36.2 Å². The number of nitrogens with one attached hydrogen (secondary N) is 1. The molecule has 1 aromatic carbocycles. The van der Waals surface area contributed by atoms with Crippen LogP contribution in [-0.2, 0) is 0 Å². The van der Waals surface area contributed by atoms with Crippen molar-refractivity contribution in [2.75, 3.05) is 5.32 Å². The minimum atomic E-state index is -0.324. The summed E-state index contributed by atoms with van der Waals surface area (Å²) in [7, 11) is 0. The third-order valence-electron chi connectivity index (χ3n) is 2.24. The number of hydrogen-bond acceptors (Lipinski definition) is 4. The maximum atomic E-state index is 11.7. The molecule has 0 bridgehead atoms. The van der Waals surface area contributed by atoms with Crippen LogP contribution in [0.2, 0.25) is 0 Å². The van der Waals surface area contributed by atoms with Crippen molar-refractivity contribution < 1.29 is 9.42 Å². The Morgan fingerprint density at radius 1 is 1.38 bits per heavy atom. The molecule has 0 aliphatic rings. The van der Waals surface area contributed by atoms with Crippen LogP contribution in [0.1, 0.15) is 21.6 Å². The van der Waals surface area contributed by atoms with Gasteiger partial charge in [0.05, 0.1) is 0 Å². The van der Waals surface area contributed by atoms with E-state index in [4.69, 9.17) is 0 Å². The second-order valence-electron chi connectivity index (χ2n) is 3.57. The molecule has 0 aliphatic heterocycles. The van der Waals surface area contributed by atoms with Gasteiger partial charge in [0.15, 0.2) is 5.69 Å². The maximum Gasteiger partial charge on any atom is 0.279 e. The Hall–Kier alpha value is -2.17. The summed E-state index contributed by atoms with van der Waals surface area (Å²) in [6.07, 6.45) is 1.28. The van der Waals surface area contributed by atoms with Crippen molar-refractivity contribution in [1.29, 1.82) is 0 Å². The summed E-state index contributed by atoms with van der Waals surface area (Å²) in [5.74, 6) is -0.324. The Morgan fingerprint density at radius 2 is 2.19 bits per heavy atom. The normalized spacial score (nSPS) is 10.1. The van der Waals surface area contributed by atoms with E-state index in [1.807, 2.05) is 32.0 Å². The van der Waals surface area contributed by atoms with Crippen molar-refractivity contribution in [3.05, 3.63) is 41.2 Å². The van der Waals surface area contributed by atoms with E-state index in [2.05, 4.69) is 20.3 Å². The Bertz CT molecular complexity index is 506. The lowest BCUT2D eigenvalue weighted by atomic mass is 10.1. The zero-order valence-corrected chi connectivity index (χ0v) is 9.02. The molecule has 0 atom stereocenters. The molecule has 16 heavy (non-hydrogen) atoms. The fourth-order valence-corrected chi connectivity index (χ4v) is 1.32. The van der Waals surface area contributed by atoms with Crippen LogP contribution in [-0.4, -0.2) is 16.2 Å². The van der Waals surface area contributed by atoms with Gasteiger partial charge in [-0.3, -0.25) is 4.79 Å². The molecule has 0 fully saturated rings. The predicted molar refractivity (Wildman–Crippen MR) is 58.2 cm³/mol. The number of hydrogen-bond donors (Lipinski definition) is 1. The molecule has 0 saturated carbocycles. The van der Waals surface area contributed by atoms with Gasteiger partial charge in [0.2, 0.25) is 0 Å². The Morgan fingerprint density at radius 3 is 2.88 bits per heavy atom. The van der Waals surface area contributed by atoms with Gasteiger partial charge in [0.25, 0.3) is 5.91 Å². The first kappa shape index (κ1) is 10.4. The number of rotatable bonds is 2. The standard InChI is InChI=1S/C11H11N3O2/c1-7-3-4-8(2)9(5-7)13-11(15)10-6-12-16-14-10/h3-6H,1-2H3,(H,13,15). The van der Waals surface area contributed by atoms with E-state index in [-0.39, 0.29) is 11.6 Å². The first-order valence-electron chi connectivity index (χ1n) is 4.83. The fourth-order valence-electron chi connectivity index (χ4n) is 1.32. The molecule has 1 aromatic heterocycles. The van der Waals surface area contributed by atoms with Crippen LogP contribution in [0.25, 0.3) is 0 Å². The summed E-state index contributed by atoms with van der Waals surface area (Å²) in [5.41, 5.74) is 3.02. The molecule has 5 nitrogen and oxygen atoms in total. The zero-order chi connectivity index (χ0) is 11.5. The molecular weight excluding hydrogens is 206 g/mol. The quantitative estimate of drug-likeness (QED) is 0.834. The third-order valence-corrected chi connectivity index (χ3v) is 2.24. The van der Waals surface area contributed by atoms with Gasteiger partial charge in [-0.15, -0.1) is 0 Å². The molecular formula is C11H11N3O2. The molecule has 2 rings (SSSR count). The van der Waals surface area contributed by atoms with Crippen LogP contribution < -0.4 is 5.32 Å². The lowest BCUT2D eigenvalue weighted by Gasteiger charge is -2.07. The summed E-state index contributed by atoms with van der Waals surface area (Å²) in [4.78, 5) is 11.7. The summed E-state index contributed by atoms with van der Waals surface area (Å²) < 4.78 is 4.37. The highest BCUT2D eigenvalue weighted by atomic mass is 16.6. The molecule has 0 unspecified atom stereocenters. The van der Waals surface area contributed by atoms with E-state index in [1.165, 1.54) is 6.20 Å². The van der Waals surface area contributed by atoms with Crippen molar-refractivity contribution in [3.8, 4) is 0 Å². The minimum absolute atomic E-state index is 0.168. The summed E-state index contributed by atoms with van der Waals surface area (Å²) in [6.45, 7) is 3.89. The van der Waals surface area contributed by atoms with Crippen LogP contribution in [0.3, 0.4) is 0 Å². The number of aromatic nitrogens is 2. The number of carbonyl (C=O) groups excluding carboxylic acids is 1. The molecule has 0 spiro atoms. The molecule has 2 aromatic rings. The van der Waals surface area contributed by atoms with E-state index in [1.54, 1.807) is 0 Å². The molecule has 1 amide bonds. The molecule has 82 valence electrons. The van der Waals surface area contributed by atoms with Crippen molar-refractivity contribution in [2.45, 2.75) is 13.8 Å². The predicted octanol–water partition coefficient (Wildman–Crippen LogP) is 1.94. The van der Waals surface area contributed by atoms with Gasteiger partial charge in [-0.1, -0.05) is 17.3 Å². The first-order chi connectivity index (χ1) is 7.66. The van der Waals surface area contributed by atoms with Crippen LogP contribution in [0.4, 0.5) is 5.69 Å². The van der Waals surface area contributed by atoms with Crippen LogP contribution in [0, 0.1) is 13.8 Å². The number of aryl methyl sites for hydroxylation is 2. The fraction of sp³-hybridized carbons (Fsp3) is 0.182. The van der Waals surface area contributed by atoms with Gasteiger partial charge in [0, 0.05) is 5.69 Å². The topological polar surface area (TPSA) is 68.0 Å². The summed E-state index contributed by atoms with van der Waals surface area (Å²) in [6, 6.07) is 5.84. The third kappa shape index (κ3) is 2.08. The van der Waals surface area contributed by atoms with E-state index in [0.717, 1.165) is 16.8 Å². The van der Waals surface area contributed by atoms with E-state index in [0.29, 0.717) is 0 Å². The van der Waals surface area contributed by atoms with Crippen LogP contribution in [0.5, 0.6) is 0 Å². The number of benzene rings is 1. The second kappa shape index (κ2) is 4.14. The van der Waals surface area contributed by atoms with Crippen LogP contribution >= 0.6 is 0 Å². The molecule has 1 N–H and O–H groups in total. The maximum absolute atomic E-state index is 11.7. The highest BCUT2D eigenvalue weighted by molar-refractivity contribution is 6.02. The molecule has 0 saturated heterocycles. The highest BCUT2D eigenvalue weighted by Gasteiger charge is 2.11. The van der Waals surface area contributed by atoms with Gasteiger partial charge >= 0.3 is 0 Å². The van der Waals surface area contributed by atoms with E-state index < -0.39 is 0 Å². The van der Waals surface area contributed by atoms with Gasteiger partial charge < -0.3 is 5.32 Å². The Kier molecular flexibility index (Phi) is 2.68. The van der Waals surface area contributed by atoms with Gasteiger partial charge in [-0.2, -0.15) is 0 Å². The van der Waals surface area contributed by atoms with Crippen LogP contribution in [0.15, 0.2) is 29.0 Å². The molecule has 0 aliphatic carbocycles. The minimum Gasteiger partial charge on any atom is -0.320 e. The van der Waals surface area contributed by atoms with E-state index in [9.17, 15) is 4.79 Å². The number of amides is 1. The summed E-state index contributed by atoms with van der Waals surface area (Å²) >= 11 is 0. The number of carbonyl (C=O) groups is 1. The average Bonchev–Trinajstić information content (AvgIpc) is 2.76. The van der Waals surface area contributed by atoms with Crippen molar-refractivity contribution >= 4 is 11.6 Å². The van der Waals surface area contributed by atoms with Crippen molar-refractivity contribution in [1.82, 2.24) is 10.3 Å². The number of nitrogens with zero attached hydrogens (tertiary/aromatic N) is 2. The Balaban J connectivity index is 2.21. The van der Waals surface area contributed by atoms with E-state index >= 15 is 0 Å². The Labute approximate surface area is 92.4 Å². The zero-order valence-electron chi connectivity index (χ0n) is 9.02. The lowest BCUT2D eigenvalue weighted by Crippen LogP contribution is -2.13. The molecule has 5 heteroatoms. The van der Waals surface area contributed by atoms with Gasteiger partial charge in [-0.25, -0.2) is 4.63 Å². The largest absolute Gasteiger partial charge is 0.320 e.